The van der Waals surface area contributed by atoms with Crippen LogP contribution in [0.2, 0.25) is 0 Å². The van der Waals surface area contributed by atoms with Gasteiger partial charge in [0.15, 0.2) is 6.29 Å². The number of amides is 2. The van der Waals surface area contributed by atoms with Gasteiger partial charge in [-0.05, 0) is 110 Å². The zero-order chi connectivity index (χ0) is 34.8. The lowest BCUT2D eigenvalue weighted by atomic mass is 9.53. The van der Waals surface area contributed by atoms with Crippen LogP contribution in [0.1, 0.15) is 112 Å². The molecule has 2 saturated heterocycles. The minimum Gasteiger partial charge on any atom is -0.392 e. The molecule has 3 aromatic carbocycles. The molecule has 0 spiro atoms. The molecule has 2 heterocycles. The van der Waals surface area contributed by atoms with Crippen LogP contribution in [0, 0.1) is 23.7 Å². The van der Waals surface area contributed by atoms with Crippen molar-refractivity contribution in [1.82, 2.24) is 15.5 Å². The number of aliphatic hydroxyl groups is 1. The van der Waals surface area contributed by atoms with Gasteiger partial charge in [0.2, 0.25) is 0 Å². The average molecular weight is 692 g/mol. The van der Waals surface area contributed by atoms with E-state index < -0.39 is 6.29 Å². The predicted molar refractivity (Wildman–Crippen MR) is 201 cm³/mol. The Morgan fingerprint density at radius 3 is 2.10 bits per heavy atom. The van der Waals surface area contributed by atoms with Crippen molar-refractivity contribution in [3.8, 4) is 11.1 Å². The fourth-order valence-corrected chi connectivity index (χ4v) is 10.6. The quantitative estimate of drug-likeness (QED) is 0.209. The van der Waals surface area contributed by atoms with Crippen LogP contribution in [0.3, 0.4) is 0 Å². The van der Waals surface area contributed by atoms with Crippen LogP contribution in [-0.2, 0) is 22.6 Å². The van der Waals surface area contributed by atoms with Gasteiger partial charge < -0.3 is 30.1 Å². The van der Waals surface area contributed by atoms with E-state index in [2.05, 4.69) is 83.1 Å². The minimum atomic E-state index is -0.484. The number of aliphatic hydroxyl groups excluding tert-OH is 1. The van der Waals surface area contributed by atoms with Gasteiger partial charge in [-0.2, -0.15) is 0 Å². The first kappa shape index (κ1) is 34.8. The predicted octanol–water partition coefficient (Wildman–Crippen LogP) is 8.67. The Morgan fingerprint density at radius 2 is 1.43 bits per heavy atom. The van der Waals surface area contributed by atoms with E-state index in [0.29, 0.717) is 6.54 Å². The Morgan fingerprint density at radius 1 is 0.804 bits per heavy atom. The molecular formula is C44H57N3O4. The molecule has 0 aromatic heterocycles. The SMILES string of the molecule is C[C@@H]1[C@H](CN2CCCCCCC2)O[C@H](c2ccc(-c3ccccc3CNC(=O)NC34CC5CC(CC(C5)C3)C4)cc2)O[C@@H]1c1ccc(CO)cc1. The summed E-state index contributed by atoms with van der Waals surface area (Å²) in [4.78, 5) is 15.9. The number of benzene rings is 3. The van der Waals surface area contributed by atoms with E-state index in [1.165, 1.54) is 51.4 Å². The maximum atomic E-state index is 13.3. The van der Waals surface area contributed by atoms with Crippen molar-refractivity contribution >= 4 is 6.03 Å². The van der Waals surface area contributed by atoms with Crippen molar-refractivity contribution in [3.63, 3.8) is 0 Å². The van der Waals surface area contributed by atoms with Gasteiger partial charge in [0.1, 0.15) is 0 Å². The van der Waals surface area contributed by atoms with E-state index in [1.807, 2.05) is 12.1 Å². The molecule has 4 bridgehead atoms. The maximum absolute atomic E-state index is 13.3. The van der Waals surface area contributed by atoms with Crippen molar-refractivity contribution in [2.75, 3.05) is 19.6 Å². The van der Waals surface area contributed by atoms with Crippen LogP contribution in [0.25, 0.3) is 11.1 Å². The molecule has 4 aliphatic carbocycles. The Balaban J connectivity index is 0.961. The highest BCUT2D eigenvalue weighted by molar-refractivity contribution is 5.76. The van der Waals surface area contributed by atoms with Gasteiger partial charge in [-0.15, -0.1) is 0 Å². The lowest BCUT2D eigenvalue weighted by Gasteiger charge is -2.56. The van der Waals surface area contributed by atoms with Crippen LogP contribution >= 0.6 is 0 Å². The molecule has 2 amide bonds. The average Bonchev–Trinajstić information content (AvgIpc) is 3.12. The van der Waals surface area contributed by atoms with Crippen molar-refractivity contribution in [3.05, 3.63) is 95.1 Å². The number of ether oxygens (including phenoxy) is 2. The number of nitrogens with zero attached hydrogens (tertiary/aromatic N) is 1. The summed E-state index contributed by atoms with van der Waals surface area (Å²) in [5.74, 6) is 2.57. The highest BCUT2D eigenvalue weighted by atomic mass is 16.7. The summed E-state index contributed by atoms with van der Waals surface area (Å²) in [6, 6.07) is 25.1. The molecule has 3 N–H and O–H groups in total. The van der Waals surface area contributed by atoms with Crippen LogP contribution in [0.4, 0.5) is 4.79 Å². The lowest BCUT2D eigenvalue weighted by Crippen LogP contribution is -2.61. The number of rotatable bonds is 9. The normalized spacial score (nSPS) is 32.2. The molecule has 6 fully saturated rings. The molecule has 7 heteroatoms. The minimum absolute atomic E-state index is 0.00256. The topological polar surface area (TPSA) is 83.1 Å². The Hall–Kier alpha value is -3.23. The second-order valence-electron chi connectivity index (χ2n) is 16.7. The molecule has 0 radical (unpaired) electrons. The molecular weight excluding hydrogens is 635 g/mol. The zero-order valence-electron chi connectivity index (χ0n) is 30.4. The van der Waals surface area contributed by atoms with Gasteiger partial charge in [-0.3, -0.25) is 0 Å². The Bertz CT molecular complexity index is 1580. The lowest BCUT2D eigenvalue weighted by molar-refractivity contribution is -0.276. The number of likely N-dealkylation sites (tertiary alicyclic amines) is 1. The number of nitrogens with one attached hydrogen (secondary N) is 2. The molecule has 272 valence electrons. The molecule has 9 rings (SSSR count). The molecule has 0 unspecified atom stereocenters. The summed E-state index contributed by atoms with van der Waals surface area (Å²) in [5.41, 5.74) is 6.36. The smallest absolute Gasteiger partial charge is 0.315 e. The molecule has 2 aliphatic heterocycles. The Labute approximate surface area is 304 Å². The second kappa shape index (κ2) is 15.4. The number of hydrogen-bond donors (Lipinski definition) is 3. The molecule has 3 aromatic rings. The number of carbonyl (C=O) groups is 1. The molecule has 51 heavy (non-hydrogen) atoms. The standard InChI is InChI=1S/C44H57N3O4/c1-30-40(28-47-19-7-3-2-4-8-20-47)50-42(51-41(30)36-13-11-31(29-48)12-14-36)37-17-15-35(16-18-37)39-10-6-5-9-38(39)27-45-43(49)46-44-24-32-21-33(25-44)23-34(22-32)26-44/h5-6,9-18,30,32-34,40-42,48H,2-4,7-8,19-29H2,1H3,(H2,45,46,49)/t30-,32?,33?,34?,40+,41+,42+,44?/m1/s1. The Kier molecular flexibility index (Phi) is 10.5. The summed E-state index contributed by atoms with van der Waals surface area (Å²) in [5, 5.41) is 16.3. The summed E-state index contributed by atoms with van der Waals surface area (Å²) < 4.78 is 13.6. The highest BCUT2D eigenvalue weighted by Gasteiger charge is 2.51. The first-order valence-electron chi connectivity index (χ1n) is 19.9. The van der Waals surface area contributed by atoms with Gasteiger partial charge >= 0.3 is 6.03 Å². The number of hydrogen-bond acceptors (Lipinski definition) is 5. The molecule has 4 saturated carbocycles. The van der Waals surface area contributed by atoms with E-state index >= 15 is 0 Å². The van der Waals surface area contributed by atoms with E-state index in [9.17, 15) is 9.90 Å². The van der Waals surface area contributed by atoms with E-state index in [-0.39, 0.29) is 36.3 Å². The number of urea groups is 1. The molecule has 7 nitrogen and oxygen atoms in total. The van der Waals surface area contributed by atoms with Gasteiger partial charge in [0.25, 0.3) is 0 Å². The van der Waals surface area contributed by atoms with Crippen LogP contribution in [0.5, 0.6) is 0 Å². The third kappa shape index (κ3) is 7.92. The molecule has 6 aliphatic rings. The fourth-order valence-electron chi connectivity index (χ4n) is 10.6. The largest absolute Gasteiger partial charge is 0.392 e. The summed E-state index contributed by atoms with van der Waals surface area (Å²) in [6.45, 7) is 5.93. The van der Waals surface area contributed by atoms with Crippen LogP contribution < -0.4 is 10.6 Å². The van der Waals surface area contributed by atoms with E-state index in [0.717, 1.165) is 90.0 Å². The highest BCUT2D eigenvalue weighted by Crippen LogP contribution is 2.55. The summed E-state index contributed by atoms with van der Waals surface area (Å²) >= 11 is 0. The molecule has 4 atom stereocenters. The zero-order valence-corrected chi connectivity index (χ0v) is 30.4. The summed E-state index contributed by atoms with van der Waals surface area (Å²) in [7, 11) is 0. The fraction of sp³-hybridized carbons (Fsp3) is 0.568. The second-order valence-corrected chi connectivity index (χ2v) is 16.7. The van der Waals surface area contributed by atoms with E-state index in [1.54, 1.807) is 0 Å². The van der Waals surface area contributed by atoms with Crippen molar-refractivity contribution in [2.45, 2.75) is 115 Å². The third-order valence-corrected chi connectivity index (χ3v) is 12.9. The van der Waals surface area contributed by atoms with Gasteiger partial charge in [-0.25, -0.2) is 4.79 Å². The third-order valence-electron chi connectivity index (χ3n) is 12.9. The first-order chi connectivity index (χ1) is 24.9. The van der Waals surface area contributed by atoms with Crippen LogP contribution in [0.15, 0.2) is 72.8 Å². The maximum Gasteiger partial charge on any atom is 0.315 e. The van der Waals surface area contributed by atoms with Crippen LogP contribution in [-0.4, -0.2) is 47.3 Å². The van der Waals surface area contributed by atoms with Gasteiger partial charge in [-0.1, -0.05) is 99.0 Å². The van der Waals surface area contributed by atoms with Gasteiger partial charge in [0.05, 0.1) is 18.8 Å². The van der Waals surface area contributed by atoms with Crippen molar-refractivity contribution in [1.29, 1.82) is 0 Å². The summed E-state index contributed by atoms with van der Waals surface area (Å²) in [6.07, 6.45) is 13.4. The van der Waals surface area contributed by atoms with E-state index in [4.69, 9.17) is 9.47 Å². The van der Waals surface area contributed by atoms with Crippen molar-refractivity contribution in [2.24, 2.45) is 23.7 Å². The van der Waals surface area contributed by atoms with Crippen molar-refractivity contribution < 1.29 is 19.4 Å². The van der Waals surface area contributed by atoms with Gasteiger partial charge in [0, 0.05) is 30.1 Å². The first-order valence-corrected chi connectivity index (χ1v) is 19.9. The number of carbonyl (C=O) groups excluding carboxylic acids is 1. The monoisotopic (exact) mass is 691 g/mol.